The van der Waals surface area contributed by atoms with E-state index < -0.39 is 0 Å². The van der Waals surface area contributed by atoms with E-state index in [0.717, 1.165) is 57.5 Å². The van der Waals surface area contributed by atoms with E-state index in [1.54, 1.807) is 13.1 Å². The molecule has 0 bridgehead atoms. The quantitative estimate of drug-likeness (QED) is 0.671. The van der Waals surface area contributed by atoms with Gasteiger partial charge in [-0.25, -0.2) is 4.98 Å². The summed E-state index contributed by atoms with van der Waals surface area (Å²) in [6, 6.07) is 3.83. The van der Waals surface area contributed by atoms with Gasteiger partial charge in [-0.1, -0.05) is 13.8 Å². The highest BCUT2D eigenvalue weighted by atomic mass is 16.1. The number of likely N-dealkylation sites (tertiary alicyclic amines) is 1. The van der Waals surface area contributed by atoms with Crippen LogP contribution in [0.4, 0.5) is 5.82 Å². The number of ketones is 2. The zero-order valence-electron chi connectivity index (χ0n) is 17.6. The van der Waals surface area contributed by atoms with Crippen LogP contribution < -0.4 is 4.90 Å². The van der Waals surface area contributed by atoms with E-state index in [0.29, 0.717) is 17.9 Å². The summed E-state index contributed by atoms with van der Waals surface area (Å²) < 4.78 is 0. The Kier molecular flexibility index (Phi) is 7.18. The number of Topliss-reactive ketones (excluding diaryl/α,β-unsaturated/α-hetero) is 2. The topological polar surface area (TPSA) is 56.8 Å². The summed E-state index contributed by atoms with van der Waals surface area (Å²) in [5, 5.41) is 0. The van der Waals surface area contributed by atoms with Crippen LogP contribution in [0.25, 0.3) is 0 Å². The third kappa shape index (κ3) is 5.61. The number of aromatic nitrogens is 1. The molecule has 154 valence electrons. The number of rotatable bonds is 7. The lowest BCUT2D eigenvalue weighted by Crippen LogP contribution is -2.49. The van der Waals surface area contributed by atoms with Gasteiger partial charge in [-0.2, -0.15) is 0 Å². The Labute approximate surface area is 168 Å². The fourth-order valence-corrected chi connectivity index (χ4v) is 4.04. The van der Waals surface area contributed by atoms with Gasteiger partial charge in [0.05, 0.1) is 6.54 Å². The average Bonchev–Trinajstić information content (AvgIpc) is 2.70. The first-order valence-corrected chi connectivity index (χ1v) is 10.6. The van der Waals surface area contributed by atoms with Gasteiger partial charge >= 0.3 is 0 Å². The zero-order chi connectivity index (χ0) is 20.1. The predicted octanol–water partition coefficient (Wildman–Crippen LogP) is 2.34. The first kappa shape index (κ1) is 20.9. The van der Waals surface area contributed by atoms with E-state index in [-0.39, 0.29) is 11.7 Å². The highest BCUT2D eigenvalue weighted by Crippen LogP contribution is 2.21. The Morgan fingerprint density at radius 3 is 2.25 bits per heavy atom. The van der Waals surface area contributed by atoms with E-state index in [4.69, 9.17) is 0 Å². The fraction of sp³-hybridized carbons (Fsp3) is 0.682. The second-order valence-electron chi connectivity index (χ2n) is 8.59. The third-order valence-electron chi connectivity index (χ3n) is 6.10. The number of nitrogens with zero attached hydrogens (tertiary/aromatic N) is 4. The van der Waals surface area contributed by atoms with Crippen LogP contribution in [0, 0.1) is 11.8 Å². The molecular weight excluding hydrogens is 352 g/mol. The molecule has 0 spiro atoms. The number of carbonyl (C=O) groups is 2. The summed E-state index contributed by atoms with van der Waals surface area (Å²) in [4.78, 5) is 35.0. The molecule has 3 heterocycles. The molecule has 0 unspecified atom stereocenters. The summed E-state index contributed by atoms with van der Waals surface area (Å²) in [6.07, 6.45) is 4.07. The molecule has 1 aromatic rings. The van der Waals surface area contributed by atoms with E-state index in [9.17, 15) is 9.59 Å². The minimum Gasteiger partial charge on any atom is -0.354 e. The van der Waals surface area contributed by atoms with Crippen molar-refractivity contribution in [2.75, 3.05) is 57.3 Å². The van der Waals surface area contributed by atoms with Gasteiger partial charge in [0, 0.05) is 50.4 Å². The van der Waals surface area contributed by atoms with Crippen molar-refractivity contribution in [3.63, 3.8) is 0 Å². The summed E-state index contributed by atoms with van der Waals surface area (Å²) in [5.74, 6) is 2.27. The fourth-order valence-electron chi connectivity index (χ4n) is 4.04. The van der Waals surface area contributed by atoms with Crippen molar-refractivity contribution in [3.8, 4) is 0 Å². The van der Waals surface area contributed by atoms with Crippen LogP contribution in [-0.2, 0) is 4.79 Å². The number of pyridine rings is 1. The van der Waals surface area contributed by atoms with E-state index in [2.05, 4.69) is 19.7 Å². The van der Waals surface area contributed by atoms with Gasteiger partial charge in [0.2, 0.25) is 0 Å². The van der Waals surface area contributed by atoms with Crippen LogP contribution in [0.3, 0.4) is 0 Å². The normalized spacial score (nSPS) is 19.9. The number of piperidine rings is 1. The van der Waals surface area contributed by atoms with Gasteiger partial charge in [-0.05, 0) is 50.9 Å². The number of hydrogen-bond acceptors (Lipinski definition) is 6. The van der Waals surface area contributed by atoms with Gasteiger partial charge in [-0.15, -0.1) is 0 Å². The average molecular weight is 387 g/mol. The standard InChI is InChI=1S/C22H34N4O2/c1-17(2)21(28)16-24-8-6-19(7-9-24)15-25-10-12-26(13-11-25)22-5-4-20(14-23-22)18(3)27/h4-5,14,17,19H,6-13,15-16H2,1-3H3. The highest BCUT2D eigenvalue weighted by Gasteiger charge is 2.25. The van der Waals surface area contributed by atoms with Crippen molar-refractivity contribution >= 4 is 17.4 Å². The summed E-state index contributed by atoms with van der Waals surface area (Å²) in [5.41, 5.74) is 0.670. The van der Waals surface area contributed by atoms with Crippen molar-refractivity contribution in [3.05, 3.63) is 23.9 Å². The Morgan fingerprint density at radius 1 is 1.04 bits per heavy atom. The number of carbonyl (C=O) groups excluding carboxylic acids is 2. The Balaban J connectivity index is 1.39. The van der Waals surface area contributed by atoms with Gasteiger partial charge in [0.15, 0.2) is 5.78 Å². The van der Waals surface area contributed by atoms with Crippen molar-refractivity contribution in [1.29, 1.82) is 0 Å². The minimum atomic E-state index is 0.0588. The molecule has 6 heteroatoms. The number of hydrogen-bond donors (Lipinski definition) is 0. The molecule has 2 fully saturated rings. The molecule has 0 saturated carbocycles. The molecule has 2 aliphatic rings. The molecule has 0 radical (unpaired) electrons. The van der Waals surface area contributed by atoms with Gasteiger partial charge in [0.25, 0.3) is 0 Å². The SMILES string of the molecule is CC(=O)c1ccc(N2CCN(CC3CCN(CC(=O)C(C)C)CC3)CC2)nc1. The molecule has 2 aliphatic heterocycles. The zero-order valence-corrected chi connectivity index (χ0v) is 17.6. The highest BCUT2D eigenvalue weighted by molar-refractivity contribution is 5.93. The minimum absolute atomic E-state index is 0.0588. The van der Waals surface area contributed by atoms with Crippen LogP contribution in [-0.4, -0.2) is 78.7 Å². The van der Waals surface area contributed by atoms with Gasteiger partial charge in [-0.3, -0.25) is 19.4 Å². The van der Waals surface area contributed by atoms with E-state index >= 15 is 0 Å². The molecule has 28 heavy (non-hydrogen) atoms. The van der Waals surface area contributed by atoms with Crippen LogP contribution in [0.1, 0.15) is 44.0 Å². The molecule has 0 N–H and O–H groups in total. The molecule has 1 aromatic heterocycles. The number of piperazine rings is 1. The molecular formula is C22H34N4O2. The monoisotopic (exact) mass is 386 g/mol. The van der Waals surface area contributed by atoms with Gasteiger partial charge < -0.3 is 4.90 Å². The third-order valence-corrected chi connectivity index (χ3v) is 6.10. The second-order valence-corrected chi connectivity index (χ2v) is 8.59. The first-order chi connectivity index (χ1) is 13.4. The molecule has 0 amide bonds. The largest absolute Gasteiger partial charge is 0.354 e. The maximum absolute atomic E-state index is 11.9. The van der Waals surface area contributed by atoms with E-state index in [1.807, 2.05) is 26.0 Å². The lowest BCUT2D eigenvalue weighted by Gasteiger charge is -2.39. The van der Waals surface area contributed by atoms with E-state index in [1.165, 1.54) is 12.8 Å². The lowest BCUT2D eigenvalue weighted by atomic mass is 9.95. The summed E-state index contributed by atoms with van der Waals surface area (Å²) in [7, 11) is 0. The van der Waals surface area contributed by atoms with Crippen molar-refractivity contribution in [2.24, 2.45) is 11.8 Å². The molecule has 6 nitrogen and oxygen atoms in total. The van der Waals surface area contributed by atoms with Crippen molar-refractivity contribution < 1.29 is 9.59 Å². The van der Waals surface area contributed by atoms with Crippen molar-refractivity contribution in [1.82, 2.24) is 14.8 Å². The molecule has 0 atom stereocenters. The summed E-state index contributed by atoms with van der Waals surface area (Å²) in [6.45, 7) is 13.5. The van der Waals surface area contributed by atoms with Crippen molar-refractivity contribution in [2.45, 2.75) is 33.6 Å². The molecule has 0 aromatic carbocycles. The lowest BCUT2D eigenvalue weighted by molar-refractivity contribution is -0.123. The molecule has 0 aliphatic carbocycles. The Hall–Kier alpha value is -1.79. The maximum Gasteiger partial charge on any atom is 0.161 e. The first-order valence-electron chi connectivity index (χ1n) is 10.6. The predicted molar refractivity (Wildman–Crippen MR) is 112 cm³/mol. The molecule has 3 rings (SSSR count). The second kappa shape index (κ2) is 9.61. The maximum atomic E-state index is 11.9. The number of anilines is 1. The van der Waals surface area contributed by atoms with Crippen LogP contribution >= 0.6 is 0 Å². The van der Waals surface area contributed by atoms with Crippen LogP contribution in [0.15, 0.2) is 18.3 Å². The van der Waals surface area contributed by atoms with Crippen LogP contribution in [0.5, 0.6) is 0 Å². The molecule has 2 saturated heterocycles. The smallest absolute Gasteiger partial charge is 0.161 e. The van der Waals surface area contributed by atoms with Gasteiger partial charge in [0.1, 0.15) is 11.6 Å². The Bertz CT molecular complexity index is 658. The summed E-state index contributed by atoms with van der Waals surface area (Å²) >= 11 is 0. The Morgan fingerprint density at radius 2 is 1.71 bits per heavy atom. The van der Waals surface area contributed by atoms with Crippen LogP contribution in [0.2, 0.25) is 0 Å².